The van der Waals surface area contributed by atoms with E-state index in [1.807, 2.05) is 4.90 Å². The lowest BCUT2D eigenvalue weighted by Gasteiger charge is -2.44. The lowest BCUT2D eigenvalue weighted by molar-refractivity contribution is -0.0331. The molecule has 0 N–H and O–H groups in total. The summed E-state index contributed by atoms with van der Waals surface area (Å²) >= 11 is 0. The summed E-state index contributed by atoms with van der Waals surface area (Å²) in [6.07, 6.45) is 2.76. The zero-order chi connectivity index (χ0) is 23.2. The van der Waals surface area contributed by atoms with Gasteiger partial charge in [0.2, 0.25) is 0 Å². The topological polar surface area (TPSA) is 38.8 Å². The van der Waals surface area contributed by atoms with Crippen LogP contribution in [0.4, 0.5) is 4.79 Å². The molecular weight excluding hydrogens is 422 g/mol. The Morgan fingerprint density at radius 3 is 2.21 bits per heavy atom. The number of morpholine rings is 1. The first-order valence-corrected chi connectivity index (χ1v) is 12.1. The maximum absolute atomic E-state index is 13.4. The van der Waals surface area contributed by atoms with E-state index in [2.05, 4.69) is 86.7 Å². The maximum Gasteiger partial charge on any atom is 0.410 e. The van der Waals surface area contributed by atoms with Crippen LogP contribution in [0.3, 0.4) is 0 Å². The number of hydrogen-bond acceptors (Lipinski definition) is 3. The van der Waals surface area contributed by atoms with Gasteiger partial charge < -0.3 is 9.47 Å². The van der Waals surface area contributed by atoms with Gasteiger partial charge in [-0.3, -0.25) is 4.90 Å². The van der Waals surface area contributed by atoms with E-state index < -0.39 is 0 Å². The molecule has 2 unspecified atom stereocenters. The summed E-state index contributed by atoms with van der Waals surface area (Å²) < 4.78 is 11.8. The average molecular weight is 452 g/mol. The van der Waals surface area contributed by atoms with Crippen molar-refractivity contribution < 1.29 is 14.3 Å². The predicted octanol–water partition coefficient (Wildman–Crippen LogP) is 6.11. The van der Waals surface area contributed by atoms with E-state index in [0.717, 1.165) is 6.42 Å². The standard InChI is InChI=1S/C30H29NO3/c1-19-8-7-9-20(2)29(19)21-14-22-16-33-17-23(15-21)31(22)30(32)34-18-28-26-12-5-3-10-24(26)25-11-4-6-13-27(25)28/h3-14,22-23,28H,15-18H2,1-2H3. The Balaban J connectivity index is 1.24. The van der Waals surface area contributed by atoms with Gasteiger partial charge in [0, 0.05) is 5.92 Å². The number of aryl methyl sites for hydroxylation is 2. The molecule has 3 aromatic carbocycles. The third-order valence-electron chi connectivity index (χ3n) is 7.55. The molecule has 1 fully saturated rings. The first-order valence-electron chi connectivity index (χ1n) is 12.1. The van der Waals surface area contributed by atoms with Gasteiger partial charge in [-0.05, 0) is 64.8 Å². The summed E-state index contributed by atoms with van der Waals surface area (Å²) in [5.74, 6) is 0.0675. The molecule has 2 atom stereocenters. The highest BCUT2D eigenvalue weighted by atomic mass is 16.6. The molecule has 2 heterocycles. The largest absolute Gasteiger partial charge is 0.448 e. The van der Waals surface area contributed by atoms with Gasteiger partial charge in [0.1, 0.15) is 6.61 Å². The van der Waals surface area contributed by atoms with Crippen LogP contribution in [0, 0.1) is 13.8 Å². The van der Waals surface area contributed by atoms with Crippen LogP contribution in [0.15, 0.2) is 72.8 Å². The van der Waals surface area contributed by atoms with Crippen molar-refractivity contribution in [3.8, 4) is 11.1 Å². The molecule has 0 radical (unpaired) electrons. The molecule has 2 bridgehead atoms. The van der Waals surface area contributed by atoms with Gasteiger partial charge in [-0.25, -0.2) is 4.79 Å². The minimum absolute atomic E-state index is 0.00610. The van der Waals surface area contributed by atoms with Gasteiger partial charge in [-0.1, -0.05) is 72.8 Å². The van der Waals surface area contributed by atoms with Gasteiger partial charge in [-0.2, -0.15) is 0 Å². The summed E-state index contributed by atoms with van der Waals surface area (Å²) in [7, 11) is 0. The fourth-order valence-electron chi connectivity index (χ4n) is 6.06. The average Bonchev–Trinajstić information content (AvgIpc) is 3.15. The molecule has 2 aliphatic heterocycles. The van der Waals surface area contributed by atoms with Crippen molar-refractivity contribution in [2.75, 3.05) is 19.8 Å². The number of fused-ring (bicyclic) bond motifs is 5. The van der Waals surface area contributed by atoms with Gasteiger partial charge >= 0.3 is 6.09 Å². The van der Waals surface area contributed by atoms with Gasteiger partial charge in [0.15, 0.2) is 0 Å². The molecule has 3 aliphatic rings. The zero-order valence-electron chi connectivity index (χ0n) is 19.7. The van der Waals surface area contributed by atoms with E-state index in [-0.39, 0.29) is 24.1 Å². The number of hydrogen-bond donors (Lipinski definition) is 0. The summed E-state index contributed by atoms with van der Waals surface area (Å²) in [4.78, 5) is 15.3. The monoisotopic (exact) mass is 451 g/mol. The van der Waals surface area contributed by atoms with E-state index in [1.165, 1.54) is 44.5 Å². The Kier molecular flexibility index (Phi) is 5.26. The Bertz CT molecular complexity index is 1230. The van der Waals surface area contributed by atoms with Crippen molar-refractivity contribution in [1.29, 1.82) is 0 Å². The van der Waals surface area contributed by atoms with E-state index in [9.17, 15) is 4.79 Å². The highest BCUT2D eigenvalue weighted by molar-refractivity contribution is 5.80. The molecule has 172 valence electrons. The van der Waals surface area contributed by atoms with Crippen LogP contribution >= 0.6 is 0 Å². The van der Waals surface area contributed by atoms with Crippen molar-refractivity contribution in [2.45, 2.75) is 38.3 Å². The van der Waals surface area contributed by atoms with E-state index in [1.54, 1.807) is 0 Å². The molecular formula is C30H29NO3. The van der Waals surface area contributed by atoms with Crippen molar-refractivity contribution in [3.63, 3.8) is 0 Å². The Morgan fingerprint density at radius 2 is 1.56 bits per heavy atom. The summed E-state index contributed by atoms with van der Waals surface area (Å²) in [5, 5.41) is 0. The fourth-order valence-corrected chi connectivity index (χ4v) is 6.06. The van der Waals surface area contributed by atoms with Crippen molar-refractivity contribution in [3.05, 3.63) is 101 Å². The maximum atomic E-state index is 13.4. The molecule has 0 aromatic heterocycles. The minimum atomic E-state index is -0.239. The van der Waals surface area contributed by atoms with Crippen molar-refractivity contribution in [2.24, 2.45) is 0 Å². The number of nitrogens with zero attached hydrogens (tertiary/aromatic N) is 1. The second kappa shape index (κ2) is 8.44. The highest BCUT2D eigenvalue weighted by Crippen LogP contribution is 2.44. The van der Waals surface area contributed by atoms with Crippen molar-refractivity contribution >= 4 is 11.7 Å². The molecule has 3 aromatic rings. The highest BCUT2D eigenvalue weighted by Gasteiger charge is 2.40. The number of amides is 1. The summed E-state index contributed by atoms with van der Waals surface area (Å²) in [6.45, 7) is 5.72. The van der Waals surface area contributed by atoms with E-state index in [4.69, 9.17) is 9.47 Å². The normalized spacial score (nSPS) is 21.0. The Morgan fingerprint density at radius 1 is 0.912 bits per heavy atom. The summed E-state index contributed by atoms with van der Waals surface area (Å²) in [5.41, 5.74) is 10.1. The zero-order valence-corrected chi connectivity index (χ0v) is 19.7. The Hall–Kier alpha value is -3.37. The lowest BCUT2D eigenvalue weighted by atomic mass is 9.86. The molecule has 34 heavy (non-hydrogen) atoms. The Labute approximate surface area is 200 Å². The van der Waals surface area contributed by atoms with Crippen LogP contribution in [0.2, 0.25) is 0 Å². The first kappa shape index (κ1) is 21.2. The second-order valence-electron chi connectivity index (χ2n) is 9.63. The molecule has 1 amide bonds. The molecule has 1 saturated heterocycles. The number of carbonyl (C=O) groups is 1. The van der Waals surface area contributed by atoms with Crippen molar-refractivity contribution in [1.82, 2.24) is 4.90 Å². The molecule has 4 nitrogen and oxygen atoms in total. The SMILES string of the molecule is Cc1cccc(C)c1C1=CC2COCC(C1)N2C(=O)OCC1c2ccccc2-c2ccccc21. The molecule has 4 heteroatoms. The summed E-state index contributed by atoms with van der Waals surface area (Å²) in [6, 6.07) is 23.2. The van der Waals surface area contributed by atoms with E-state index >= 15 is 0 Å². The van der Waals surface area contributed by atoms with Crippen LogP contribution in [0.1, 0.15) is 40.2 Å². The molecule has 6 rings (SSSR count). The number of carbonyl (C=O) groups excluding carboxylic acids is 1. The first-order chi connectivity index (χ1) is 16.6. The van der Waals surface area contributed by atoms with Crippen LogP contribution in [0.5, 0.6) is 0 Å². The lowest BCUT2D eigenvalue weighted by Crippen LogP contribution is -2.56. The van der Waals surface area contributed by atoms with Crippen LogP contribution in [-0.4, -0.2) is 42.9 Å². The fraction of sp³-hybridized carbons (Fsp3) is 0.300. The molecule has 0 saturated carbocycles. The van der Waals surface area contributed by atoms with Gasteiger partial charge in [-0.15, -0.1) is 0 Å². The third kappa shape index (κ3) is 3.45. The smallest absolute Gasteiger partial charge is 0.410 e. The predicted molar refractivity (Wildman–Crippen MR) is 134 cm³/mol. The van der Waals surface area contributed by atoms with Crippen LogP contribution in [0.25, 0.3) is 16.7 Å². The minimum Gasteiger partial charge on any atom is -0.448 e. The third-order valence-corrected chi connectivity index (χ3v) is 7.55. The van der Waals surface area contributed by atoms with E-state index in [0.29, 0.717) is 19.8 Å². The molecule has 1 aliphatic carbocycles. The quantitative estimate of drug-likeness (QED) is 0.482. The van der Waals surface area contributed by atoms with Gasteiger partial charge in [0.25, 0.3) is 0 Å². The number of benzene rings is 3. The van der Waals surface area contributed by atoms with Gasteiger partial charge in [0.05, 0.1) is 25.3 Å². The molecule has 0 spiro atoms. The number of ether oxygens (including phenoxy) is 2. The van der Waals surface area contributed by atoms with Crippen LogP contribution < -0.4 is 0 Å². The number of rotatable bonds is 3. The van der Waals surface area contributed by atoms with Crippen LogP contribution in [-0.2, 0) is 9.47 Å². The second-order valence-corrected chi connectivity index (χ2v) is 9.63.